The Morgan fingerprint density at radius 2 is 2.00 bits per heavy atom. The molecule has 1 aromatic rings. The molecule has 0 bridgehead atoms. The number of amides is 1. The molecule has 2 aliphatic rings. The Balaban J connectivity index is 1.76. The number of ether oxygens (including phenoxy) is 2. The van der Waals surface area contributed by atoms with E-state index in [1.54, 1.807) is 17.0 Å². The third-order valence-electron chi connectivity index (χ3n) is 4.58. The molecule has 2 heterocycles. The fourth-order valence-electron chi connectivity index (χ4n) is 3.35. The van der Waals surface area contributed by atoms with Crippen LogP contribution in [0.5, 0.6) is 11.5 Å². The minimum atomic E-state index is -0.498. The van der Waals surface area contributed by atoms with Gasteiger partial charge in [-0.25, -0.2) is 4.79 Å². The Morgan fingerprint density at radius 3 is 2.61 bits per heavy atom. The van der Waals surface area contributed by atoms with E-state index in [1.807, 2.05) is 20.8 Å². The average molecular weight is 320 g/mol. The molecule has 23 heavy (non-hydrogen) atoms. The van der Waals surface area contributed by atoms with Crippen molar-refractivity contribution in [3.8, 4) is 11.5 Å². The van der Waals surface area contributed by atoms with Crippen molar-refractivity contribution in [1.29, 1.82) is 0 Å². The lowest BCUT2D eigenvalue weighted by Gasteiger charge is -2.39. The number of nitrogens with two attached hydrogens (primary N) is 1. The van der Waals surface area contributed by atoms with E-state index in [9.17, 15) is 9.90 Å². The SMILES string of the molecule is CC(C)(C)OC(=O)N1CCC2(CC1)COc1ccc(N)c(O)c12. The van der Waals surface area contributed by atoms with Crippen LogP contribution in [0, 0.1) is 0 Å². The number of hydrogen-bond donors (Lipinski definition) is 2. The molecule has 0 saturated carbocycles. The number of anilines is 1. The quantitative estimate of drug-likeness (QED) is 0.567. The summed E-state index contributed by atoms with van der Waals surface area (Å²) < 4.78 is 11.2. The smallest absolute Gasteiger partial charge is 0.410 e. The Hall–Kier alpha value is -2.11. The minimum Gasteiger partial charge on any atom is -0.505 e. The number of benzene rings is 1. The van der Waals surface area contributed by atoms with E-state index in [0.717, 1.165) is 18.4 Å². The number of carbonyl (C=O) groups excluding carboxylic acids is 1. The van der Waals surface area contributed by atoms with Gasteiger partial charge >= 0.3 is 6.09 Å². The van der Waals surface area contributed by atoms with Gasteiger partial charge in [0.05, 0.1) is 12.3 Å². The molecule has 1 aromatic carbocycles. The second-order valence-electron chi connectivity index (χ2n) is 7.41. The highest BCUT2D eigenvalue weighted by Gasteiger charge is 2.46. The summed E-state index contributed by atoms with van der Waals surface area (Å²) in [5.41, 5.74) is 6.23. The van der Waals surface area contributed by atoms with Crippen LogP contribution >= 0.6 is 0 Å². The molecule has 1 amide bonds. The molecule has 0 aliphatic carbocycles. The summed E-state index contributed by atoms with van der Waals surface area (Å²) in [7, 11) is 0. The van der Waals surface area contributed by atoms with Crippen LogP contribution in [0.2, 0.25) is 0 Å². The van der Waals surface area contributed by atoms with Gasteiger partial charge in [-0.1, -0.05) is 0 Å². The Bertz CT molecular complexity index is 628. The second kappa shape index (κ2) is 5.22. The van der Waals surface area contributed by atoms with E-state index in [-0.39, 0.29) is 17.3 Å². The molecule has 2 aliphatic heterocycles. The van der Waals surface area contributed by atoms with Crippen LogP contribution in [0.25, 0.3) is 0 Å². The van der Waals surface area contributed by atoms with Crippen LogP contribution in [0.1, 0.15) is 39.2 Å². The highest BCUT2D eigenvalue weighted by atomic mass is 16.6. The first-order valence-electron chi connectivity index (χ1n) is 7.94. The van der Waals surface area contributed by atoms with E-state index in [1.165, 1.54) is 0 Å². The molecule has 1 fully saturated rings. The molecule has 0 atom stereocenters. The fourth-order valence-corrected chi connectivity index (χ4v) is 3.35. The summed E-state index contributed by atoms with van der Waals surface area (Å²) in [6.45, 7) is 7.24. The number of likely N-dealkylation sites (tertiary alicyclic amines) is 1. The first kappa shape index (κ1) is 15.8. The molecule has 3 rings (SSSR count). The van der Waals surface area contributed by atoms with Gasteiger partial charge in [-0.2, -0.15) is 0 Å². The number of aromatic hydroxyl groups is 1. The number of fused-ring (bicyclic) bond motifs is 2. The Kier molecular flexibility index (Phi) is 3.58. The van der Waals surface area contributed by atoms with Crippen molar-refractivity contribution in [1.82, 2.24) is 4.90 Å². The molecule has 1 saturated heterocycles. The highest BCUT2D eigenvalue weighted by Crippen LogP contribution is 2.51. The first-order valence-corrected chi connectivity index (χ1v) is 7.94. The van der Waals surface area contributed by atoms with Crippen LogP contribution in [0.15, 0.2) is 12.1 Å². The van der Waals surface area contributed by atoms with Gasteiger partial charge in [-0.3, -0.25) is 0 Å². The average Bonchev–Trinajstić information content (AvgIpc) is 2.81. The van der Waals surface area contributed by atoms with Gasteiger partial charge in [0.15, 0.2) is 0 Å². The minimum absolute atomic E-state index is 0.116. The molecular formula is C17H24N2O4. The Morgan fingerprint density at radius 1 is 1.35 bits per heavy atom. The van der Waals surface area contributed by atoms with Gasteiger partial charge in [0.1, 0.15) is 17.1 Å². The highest BCUT2D eigenvalue weighted by molar-refractivity contribution is 5.69. The number of nitrogens with zero attached hydrogens (tertiary/aromatic N) is 1. The molecular weight excluding hydrogens is 296 g/mol. The summed E-state index contributed by atoms with van der Waals surface area (Å²) in [5.74, 6) is 0.813. The topological polar surface area (TPSA) is 85.0 Å². The fraction of sp³-hybridized carbons (Fsp3) is 0.588. The number of carbonyl (C=O) groups is 1. The van der Waals surface area contributed by atoms with Crippen molar-refractivity contribution in [2.45, 2.75) is 44.6 Å². The van der Waals surface area contributed by atoms with Crippen molar-refractivity contribution >= 4 is 11.8 Å². The lowest BCUT2D eigenvalue weighted by atomic mass is 9.74. The maximum atomic E-state index is 12.2. The summed E-state index contributed by atoms with van der Waals surface area (Å²) in [6.07, 6.45) is 1.15. The number of hydrogen-bond acceptors (Lipinski definition) is 5. The van der Waals surface area contributed by atoms with E-state index in [4.69, 9.17) is 15.2 Å². The molecule has 0 radical (unpaired) electrons. The number of phenolic OH excluding ortho intramolecular Hbond substituents is 1. The first-order chi connectivity index (χ1) is 10.7. The predicted molar refractivity (Wildman–Crippen MR) is 86.7 cm³/mol. The van der Waals surface area contributed by atoms with Gasteiger partial charge in [-0.05, 0) is 45.7 Å². The van der Waals surface area contributed by atoms with Gasteiger partial charge in [0.2, 0.25) is 0 Å². The van der Waals surface area contributed by atoms with E-state index in [2.05, 4.69) is 0 Å². The summed E-state index contributed by atoms with van der Waals surface area (Å²) >= 11 is 0. The zero-order valence-electron chi connectivity index (χ0n) is 13.9. The molecule has 0 aromatic heterocycles. The lowest BCUT2D eigenvalue weighted by Crippen LogP contribution is -2.47. The normalized spacial score (nSPS) is 19.3. The third-order valence-corrected chi connectivity index (χ3v) is 4.58. The monoisotopic (exact) mass is 320 g/mol. The number of rotatable bonds is 0. The zero-order valence-corrected chi connectivity index (χ0v) is 13.9. The summed E-state index contributed by atoms with van der Waals surface area (Å²) in [6, 6.07) is 3.46. The molecule has 0 unspecified atom stereocenters. The maximum absolute atomic E-state index is 12.2. The van der Waals surface area contributed by atoms with Crippen LogP contribution in [-0.4, -0.2) is 41.4 Å². The number of nitrogen functional groups attached to an aromatic ring is 1. The van der Waals surface area contributed by atoms with E-state index < -0.39 is 5.60 Å². The van der Waals surface area contributed by atoms with Gasteiger partial charge in [0.25, 0.3) is 0 Å². The lowest BCUT2D eigenvalue weighted by molar-refractivity contribution is 0.0152. The standard InChI is InChI=1S/C17H24N2O4/c1-16(2,3)23-15(21)19-8-6-17(7-9-19)10-22-12-5-4-11(18)14(20)13(12)17/h4-5,20H,6-10,18H2,1-3H3. The van der Waals surface area contributed by atoms with E-state index in [0.29, 0.717) is 31.1 Å². The van der Waals surface area contributed by atoms with Crippen molar-refractivity contribution in [2.24, 2.45) is 0 Å². The summed E-state index contributed by atoms with van der Waals surface area (Å²) in [5, 5.41) is 10.4. The van der Waals surface area contributed by atoms with Crippen LogP contribution in [0.4, 0.5) is 10.5 Å². The van der Waals surface area contributed by atoms with Crippen molar-refractivity contribution in [3.63, 3.8) is 0 Å². The largest absolute Gasteiger partial charge is 0.505 e. The van der Waals surface area contributed by atoms with Crippen LogP contribution < -0.4 is 10.5 Å². The van der Waals surface area contributed by atoms with Gasteiger partial charge in [-0.15, -0.1) is 0 Å². The molecule has 1 spiro atoms. The summed E-state index contributed by atoms with van der Waals surface area (Å²) in [4.78, 5) is 13.9. The van der Waals surface area contributed by atoms with Crippen molar-refractivity contribution < 1.29 is 19.4 Å². The number of piperidine rings is 1. The van der Waals surface area contributed by atoms with Crippen LogP contribution in [-0.2, 0) is 10.2 Å². The maximum Gasteiger partial charge on any atom is 0.410 e. The van der Waals surface area contributed by atoms with Crippen molar-refractivity contribution in [3.05, 3.63) is 17.7 Å². The Labute approximate surface area is 136 Å². The van der Waals surface area contributed by atoms with Crippen molar-refractivity contribution in [2.75, 3.05) is 25.4 Å². The van der Waals surface area contributed by atoms with Gasteiger partial charge < -0.3 is 25.2 Å². The van der Waals surface area contributed by atoms with E-state index >= 15 is 0 Å². The molecule has 3 N–H and O–H groups in total. The van der Waals surface area contributed by atoms with Gasteiger partial charge in [0, 0.05) is 24.1 Å². The molecule has 6 heteroatoms. The number of phenols is 1. The molecule has 6 nitrogen and oxygen atoms in total. The molecule has 126 valence electrons. The zero-order chi connectivity index (χ0) is 16.8. The second-order valence-corrected chi connectivity index (χ2v) is 7.41. The third kappa shape index (κ3) is 2.78. The predicted octanol–water partition coefficient (Wildman–Crippen LogP) is 2.64. The van der Waals surface area contributed by atoms with Crippen LogP contribution in [0.3, 0.4) is 0 Å².